The molecule has 0 saturated heterocycles. The van der Waals surface area contributed by atoms with Crippen LogP contribution in [0.4, 0.5) is 11.4 Å². The predicted molar refractivity (Wildman–Crippen MR) is 80.3 cm³/mol. The quantitative estimate of drug-likeness (QED) is 0.724. The summed E-state index contributed by atoms with van der Waals surface area (Å²) in [6, 6.07) is 8.97. The van der Waals surface area contributed by atoms with Gasteiger partial charge in [0.25, 0.3) is 0 Å². The minimum Gasteiger partial charge on any atom is -0.397 e. The normalized spacial score (nSPS) is 10.2. The van der Waals surface area contributed by atoms with Crippen LogP contribution in [0.15, 0.2) is 36.5 Å². The van der Waals surface area contributed by atoms with Gasteiger partial charge in [0.2, 0.25) is 5.91 Å². The topological polar surface area (TPSA) is 94.0 Å². The Morgan fingerprint density at radius 1 is 1.35 bits per heavy atom. The molecule has 0 atom stereocenters. The average molecular weight is 270 g/mol. The first kappa shape index (κ1) is 13.9. The summed E-state index contributed by atoms with van der Waals surface area (Å²) in [6.07, 6.45) is 2.71. The van der Waals surface area contributed by atoms with Crippen LogP contribution in [0, 0.1) is 0 Å². The number of primary amides is 1. The fourth-order valence-corrected chi connectivity index (χ4v) is 2.01. The van der Waals surface area contributed by atoms with Crippen molar-refractivity contribution < 1.29 is 4.79 Å². The molecule has 0 unspecified atom stereocenters. The molecule has 0 fully saturated rings. The number of anilines is 2. The minimum atomic E-state index is -0.485. The van der Waals surface area contributed by atoms with E-state index < -0.39 is 5.91 Å². The molecule has 0 saturated carbocycles. The van der Waals surface area contributed by atoms with E-state index >= 15 is 0 Å². The van der Waals surface area contributed by atoms with Crippen molar-refractivity contribution in [2.24, 2.45) is 5.73 Å². The Morgan fingerprint density at radius 2 is 2.15 bits per heavy atom. The lowest BCUT2D eigenvalue weighted by Gasteiger charge is -2.11. The summed E-state index contributed by atoms with van der Waals surface area (Å²) < 4.78 is 0. The van der Waals surface area contributed by atoms with Crippen molar-refractivity contribution in [2.45, 2.75) is 19.9 Å². The zero-order valence-electron chi connectivity index (χ0n) is 11.4. The lowest BCUT2D eigenvalue weighted by atomic mass is 10.1. The maximum Gasteiger partial charge on any atom is 0.248 e. The van der Waals surface area contributed by atoms with Crippen molar-refractivity contribution in [2.75, 3.05) is 11.1 Å². The summed E-state index contributed by atoms with van der Waals surface area (Å²) in [6.45, 7) is 2.68. The van der Waals surface area contributed by atoms with E-state index in [-0.39, 0.29) is 0 Å². The number of aryl methyl sites for hydroxylation is 1. The summed E-state index contributed by atoms with van der Waals surface area (Å²) in [5.74, 6) is -0.485. The highest BCUT2D eigenvalue weighted by atomic mass is 16.1. The predicted octanol–water partition coefficient (Wildman–Crippen LogP) is 1.94. The number of nitrogens with zero attached hydrogens (tertiary/aromatic N) is 1. The smallest absolute Gasteiger partial charge is 0.248 e. The highest BCUT2D eigenvalue weighted by Crippen LogP contribution is 2.20. The molecule has 1 amide bonds. The summed E-state index contributed by atoms with van der Waals surface area (Å²) >= 11 is 0. The Morgan fingerprint density at radius 3 is 2.80 bits per heavy atom. The van der Waals surface area contributed by atoms with E-state index in [1.807, 2.05) is 6.07 Å². The highest BCUT2D eigenvalue weighted by Gasteiger charge is 2.06. The molecular formula is C15H18N4O. The third kappa shape index (κ3) is 3.06. The van der Waals surface area contributed by atoms with E-state index in [4.69, 9.17) is 11.5 Å². The fraction of sp³-hybridized carbons (Fsp3) is 0.200. The van der Waals surface area contributed by atoms with Gasteiger partial charge in [-0.15, -0.1) is 0 Å². The van der Waals surface area contributed by atoms with Crippen molar-refractivity contribution in [3.8, 4) is 0 Å². The van der Waals surface area contributed by atoms with Crippen molar-refractivity contribution in [3.63, 3.8) is 0 Å². The van der Waals surface area contributed by atoms with Gasteiger partial charge in [-0.25, -0.2) is 0 Å². The van der Waals surface area contributed by atoms with Crippen LogP contribution >= 0.6 is 0 Å². The fourth-order valence-electron chi connectivity index (χ4n) is 2.01. The second kappa shape index (κ2) is 6.06. The molecule has 0 radical (unpaired) electrons. The van der Waals surface area contributed by atoms with Gasteiger partial charge in [0.15, 0.2) is 0 Å². The van der Waals surface area contributed by atoms with Gasteiger partial charge < -0.3 is 16.8 Å². The van der Waals surface area contributed by atoms with Gasteiger partial charge in [0.05, 0.1) is 23.6 Å². The van der Waals surface area contributed by atoms with Crippen LogP contribution in [0.25, 0.3) is 0 Å². The van der Waals surface area contributed by atoms with Gasteiger partial charge in [0, 0.05) is 11.8 Å². The maximum absolute atomic E-state index is 11.1. The number of amides is 1. The molecule has 5 heteroatoms. The Balaban J connectivity index is 2.13. The molecule has 1 heterocycles. The van der Waals surface area contributed by atoms with Crippen LogP contribution < -0.4 is 16.8 Å². The molecule has 104 valence electrons. The average Bonchev–Trinajstić information content (AvgIpc) is 2.46. The summed E-state index contributed by atoms with van der Waals surface area (Å²) in [5, 5.41) is 3.23. The number of nitrogens with two attached hydrogens (primary N) is 2. The van der Waals surface area contributed by atoms with E-state index in [0.29, 0.717) is 17.8 Å². The van der Waals surface area contributed by atoms with Gasteiger partial charge in [-0.05, 0) is 36.2 Å². The van der Waals surface area contributed by atoms with E-state index in [0.717, 1.165) is 17.8 Å². The summed E-state index contributed by atoms with van der Waals surface area (Å²) in [5.41, 5.74) is 15.0. The van der Waals surface area contributed by atoms with Gasteiger partial charge in [-0.1, -0.05) is 13.0 Å². The van der Waals surface area contributed by atoms with Crippen molar-refractivity contribution >= 4 is 17.3 Å². The maximum atomic E-state index is 11.1. The zero-order valence-corrected chi connectivity index (χ0v) is 11.4. The first-order chi connectivity index (χ1) is 9.61. The third-order valence-electron chi connectivity index (χ3n) is 3.15. The van der Waals surface area contributed by atoms with E-state index in [1.165, 1.54) is 5.56 Å². The van der Waals surface area contributed by atoms with Gasteiger partial charge in [-0.3, -0.25) is 9.78 Å². The summed E-state index contributed by atoms with van der Waals surface area (Å²) in [4.78, 5) is 15.4. The monoisotopic (exact) mass is 270 g/mol. The SMILES string of the molecule is CCc1cccnc1CNc1ccc(C(N)=O)cc1N. The molecule has 1 aromatic heterocycles. The Bertz CT molecular complexity index is 625. The number of benzene rings is 1. The first-order valence-electron chi connectivity index (χ1n) is 6.47. The van der Waals surface area contributed by atoms with Crippen molar-refractivity contribution in [1.82, 2.24) is 4.98 Å². The molecule has 2 rings (SSSR count). The molecule has 0 aliphatic carbocycles. The number of carbonyl (C=O) groups excluding carboxylic acids is 1. The molecule has 20 heavy (non-hydrogen) atoms. The second-order valence-corrected chi connectivity index (χ2v) is 4.48. The van der Waals surface area contributed by atoms with E-state index in [2.05, 4.69) is 23.3 Å². The summed E-state index contributed by atoms with van der Waals surface area (Å²) in [7, 11) is 0. The first-order valence-corrected chi connectivity index (χ1v) is 6.47. The van der Waals surface area contributed by atoms with Gasteiger partial charge in [-0.2, -0.15) is 0 Å². The lowest BCUT2D eigenvalue weighted by molar-refractivity contribution is 0.100. The standard InChI is InChI=1S/C15H18N4O/c1-2-10-4-3-7-18-14(10)9-19-13-6-5-11(15(17)20)8-12(13)16/h3-8,19H,2,9,16H2,1H3,(H2,17,20). The van der Waals surface area contributed by atoms with E-state index in [1.54, 1.807) is 24.4 Å². The third-order valence-corrected chi connectivity index (χ3v) is 3.15. The number of nitrogen functional groups attached to an aromatic ring is 1. The molecule has 0 aliphatic heterocycles. The van der Waals surface area contributed by atoms with Crippen molar-refractivity contribution in [3.05, 3.63) is 53.3 Å². The van der Waals surface area contributed by atoms with E-state index in [9.17, 15) is 4.79 Å². The molecule has 0 aliphatic rings. The lowest BCUT2D eigenvalue weighted by Crippen LogP contribution is -2.12. The van der Waals surface area contributed by atoms with Crippen LogP contribution in [-0.2, 0) is 13.0 Å². The Hall–Kier alpha value is -2.56. The number of hydrogen-bond donors (Lipinski definition) is 3. The second-order valence-electron chi connectivity index (χ2n) is 4.48. The van der Waals surface area contributed by atoms with Crippen molar-refractivity contribution in [1.29, 1.82) is 0 Å². The number of pyridine rings is 1. The largest absolute Gasteiger partial charge is 0.397 e. The molecule has 2 aromatic rings. The molecule has 1 aromatic carbocycles. The molecule has 0 spiro atoms. The minimum absolute atomic E-state index is 0.403. The van der Waals surface area contributed by atoms with Crippen LogP contribution in [0.3, 0.4) is 0 Å². The van der Waals surface area contributed by atoms with Gasteiger partial charge >= 0.3 is 0 Å². The Kier molecular flexibility index (Phi) is 4.20. The molecule has 0 bridgehead atoms. The van der Waals surface area contributed by atoms with Crippen LogP contribution in [0.5, 0.6) is 0 Å². The number of nitrogens with one attached hydrogen (secondary N) is 1. The van der Waals surface area contributed by atoms with Crippen LogP contribution in [0.2, 0.25) is 0 Å². The Labute approximate surface area is 118 Å². The highest BCUT2D eigenvalue weighted by molar-refractivity contribution is 5.94. The molecule has 5 nitrogen and oxygen atoms in total. The number of rotatable bonds is 5. The number of hydrogen-bond acceptors (Lipinski definition) is 4. The number of carbonyl (C=O) groups is 1. The van der Waals surface area contributed by atoms with Crippen LogP contribution in [-0.4, -0.2) is 10.9 Å². The van der Waals surface area contributed by atoms with Gasteiger partial charge in [0.1, 0.15) is 0 Å². The number of aromatic nitrogens is 1. The molecular weight excluding hydrogens is 252 g/mol. The zero-order chi connectivity index (χ0) is 14.5. The van der Waals surface area contributed by atoms with Crippen LogP contribution in [0.1, 0.15) is 28.5 Å². The molecule has 5 N–H and O–H groups in total.